The van der Waals surface area contributed by atoms with Crippen molar-refractivity contribution in [3.05, 3.63) is 88.9 Å². The predicted molar refractivity (Wildman–Crippen MR) is 124 cm³/mol. The van der Waals surface area contributed by atoms with Crippen LogP contribution in [0.4, 0.5) is 5.69 Å². The molecule has 0 aliphatic carbocycles. The van der Waals surface area contributed by atoms with Crippen molar-refractivity contribution in [3.8, 4) is 11.5 Å². The zero-order chi connectivity index (χ0) is 20.8. The molecule has 1 fully saturated rings. The van der Waals surface area contributed by atoms with Crippen LogP contribution in [-0.4, -0.2) is 23.9 Å². The number of amides is 1. The summed E-state index contributed by atoms with van der Waals surface area (Å²) in [6.07, 6.45) is 1.93. The lowest BCUT2D eigenvalue weighted by molar-refractivity contribution is -0.121. The van der Waals surface area contributed by atoms with Gasteiger partial charge in [0, 0.05) is 17.6 Å². The number of hydrogen-bond donors (Lipinski definition) is 1. The molecule has 3 aromatic carbocycles. The molecule has 30 heavy (non-hydrogen) atoms. The smallest absolute Gasteiger partial charge is 0.228 e. The van der Waals surface area contributed by atoms with Crippen LogP contribution >= 0.6 is 15.9 Å². The topological polar surface area (TPSA) is 41.6 Å². The lowest BCUT2D eigenvalue weighted by atomic mass is 9.96. The molecule has 0 bridgehead atoms. The highest BCUT2D eigenvalue weighted by Gasteiger charge is 2.26. The molecule has 3 aromatic rings. The highest BCUT2D eigenvalue weighted by molar-refractivity contribution is 9.10. The van der Waals surface area contributed by atoms with Gasteiger partial charge in [0.1, 0.15) is 5.75 Å². The fourth-order valence-electron chi connectivity index (χ4n) is 3.77. The number of ether oxygens (including phenoxy) is 1. The summed E-state index contributed by atoms with van der Waals surface area (Å²) in [5, 5.41) is 3.10. The predicted octanol–water partition coefficient (Wildman–Crippen LogP) is 6.09. The molecule has 1 atom stereocenters. The number of hydrogen-bond acceptors (Lipinski definition) is 3. The maximum absolute atomic E-state index is 13.0. The van der Waals surface area contributed by atoms with E-state index in [4.69, 9.17) is 4.74 Å². The van der Waals surface area contributed by atoms with Crippen molar-refractivity contribution in [2.75, 3.05) is 18.4 Å². The lowest BCUT2D eigenvalue weighted by Crippen LogP contribution is -2.40. The van der Waals surface area contributed by atoms with Crippen molar-refractivity contribution in [2.45, 2.75) is 19.4 Å². The molecule has 0 saturated carbocycles. The highest BCUT2D eigenvalue weighted by Crippen LogP contribution is 2.30. The number of rotatable bonds is 6. The lowest BCUT2D eigenvalue weighted by Gasteiger charge is -2.32. The highest BCUT2D eigenvalue weighted by atomic mass is 79.9. The molecule has 4 nitrogen and oxygen atoms in total. The van der Waals surface area contributed by atoms with E-state index in [1.54, 1.807) is 0 Å². The molecule has 0 aromatic heterocycles. The summed E-state index contributed by atoms with van der Waals surface area (Å²) >= 11 is 3.48. The van der Waals surface area contributed by atoms with Crippen LogP contribution in [0.1, 0.15) is 18.4 Å². The van der Waals surface area contributed by atoms with E-state index in [2.05, 4.69) is 50.4 Å². The number of benzene rings is 3. The van der Waals surface area contributed by atoms with Crippen LogP contribution in [0, 0.1) is 5.92 Å². The summed E-state index contributed by atoms with van der Waals surface area (Å²) in [6.45, 7) is 2.65. The van der Waals surface area contributed by atoms with Crippen molar-refractivity contribution in [1.29, 1.82) is 0 Å². The van der Waals surface area contributed by atoms with Crippen molar-refractivity contribution in [2.24, 2.45) is 5.92 Å². The number of piperidine rings is 1. The van der Waals surface area contributed by atoms with Gasteiger partial charge in [-0.15, -0.1) is 0 Å². The minimum absolute atomic E-state index is 0.0287. The molecule has 1 unspecified atom stereocenters. The van der Waals surface area contributed by atoms with Gasteiger partial charge in [0.15, 0.2) is 5.75 Å². The number of carbonyl (C=O) groups excluding carboxylic acids is 1. The molecule has 0 radical (unpaired) electrons. The van der Waals surface area contributed by atoms with Gasteiger partial charge in [0.2, 0.25) is 5.91 Å². The SMILES string of the molecule is O=C(Nc1ccccc1Oc1ccccc1)C1CCCN(Cc2ccc(Br)cc2)C1. The maximum Gasteiger partial charge on any atom is 0.228 e. The van der Waals surface area contributed by atoms with Gasteiger partial charge < -0.3 is 10.1 Å². The molecule has 4 rings (SSSR count). The van der Waals surface area contributed by atoms with Gasteiger partial charge in [0.25, 0.3) is 0 Å². The minimum Gasteiger partial charge on any atom is -0.455 e. The van der Waals surface area contributed by atoms with Crippen LogP contribution in [-0.2, 0) is 11.3 Å². The summed E-state index contributed by atoms with van der Waals surface area (Å²) < 4.78 is 7.06. The van der Waals surface area contributed by atoms with E-state index in [1.165, 1.54) is 5.56 Å². The Hall–Kier alpha value is -2.63. The van der Waals surface area contributed by atoms with Crippen molar-refractivity contribution in [3.63, 3.8) is 0 Å². The monoisotopic (exact) mass is 464 g/mol. The summed E-state index contributed by atoms with van der Waals surface area (Å²) in [5.41, 5.74) is 1.97. The average molecular weight is 465 g/mol. The van der Waals surface area contributed by atoms with Crippen LogP contribution in [0.2, 0.25) is 0 Å². The van der Waals surface area contributed by atoms with E-state index in [1.807, 2.05) is 54.6 Å². The van der Waals surface area contributed by atoms with Gasteiger partial charge in [-0.3, -0.25) is 9.69 Å². The third kappa shape index (κ3) is 5.49. The quantitative estimate of drug-likeness (QED) is 0.479. The Morgan fingerprint density at radius 2 is 1.73 bits per heavy atom. The summed E-state index contributed by atoms with van der Waals surface area (Å²) in [5.74, 6) is 1.43. The molecule has 154 valence electrons. The molecular weight excluding hydrogens is 440 g/mol. The number of nitrogens with zero attached hydrogens (tertiary/aromatic N) is 1. The zero-order valence-electron chi connectivity index (χ0n) is 16.8. The van der Waals surface area contributed by atoms with E-state index < -0.39 is 0 Å². The Kier molecular flexibility index (Phi) is 6.82. The Morgan fingerprint density at radius 1 is 1.00 bits per heavy atom. The van der Waals surface area contributed by atoms with Crippen LogP contribution < -0.4 is 10.1 Å². The van der Waals surface area contributed by atoms with Crippen molar-refractivity contribution in [1.82, 2.24) is 4.90 Å². The third-order valence-electron chi connectivity index (χ3n) is 5.31. The van der Waals surface area contributed by atoms with Crippen molar-refractivity contribution < 1.29 is 9.53 Å². The number of carbonyl (C=O) groups is 1. The molecule has 0 spiro atoms. The van der Waals surface area contributed by atoms with E-state index in [-0.39, 0.29) is 11.8 Å². The van der Waals surface area contributed by atoms with Crippen LogP contribution in [0.25, 0.3) is 0 Å². The summed E-state index contributed by atoms with van der Waals surface area (Å²) in [7, 11) is 0. The van der Waals surface area contributed by atoms with Crippen molar-refractivity contribution >= 4 is 27.5 Å². The van der Waals surface area contributed by atoms with E-state index in [0.29, 0.717) is 11.4 Å². The molecular formula is C25H25BrN2O2. The Labute approximate surface area is 186 Å². The molecule has 1 amide bonds. The normalized spacial score (nSPS) is 16.8. The molecule has 1 heterocycles. The number of anilines is 1. The zero-order valence-corrected chi connectivity index (χ0v) is 18.3. The second-order valence-corrected chi connectivity index (χ2v) is 8.52. The maximum atomic E-state index is 13.0. The first-order valence-corrected chi connectivity index (χ1v) is 11.1. The van der Waals surface area contributed by atoms with Gasteiger partial charge >= 0.3 is 0 Å². The van der Waals surface area contributed by atoms with Gasteiger partial charge in [0.05, 0.1) is 11.6 Å². The number of nitrogens with one attached hydrogen (secondary N) is 1. The van der Waals surface area contributed by atoms with Gasteiger partial charge in [-0.25, -0.2) is 0 Å². The van der Waals surface area contributed by atoms with E-state index in [9.17, 15) is 4.79 Å². The number of halogens is 1. The van der Waals surface area contributed by atoms with Crippen LogP contribution in [0.3, 0.4) is 0 Å². The minimum atomic E-state index is -0.0287. The molecule has 1 N–H and O–H groups in total. The number of likely N-dealkylation sites (tertiary alicyclic amines) is 1. The Balaban J connectivity index is 1.39. The summed E-state index contributed by atoms with van der Waals surface area (Å²) in [6, 6.07) is 25.6. The fourth-order valence-corrected chi connectivity index (χ4v) is 4.03. The summed E-state index contributed by atoms with van der Waals surface area (Å²) in [4.78, 5) is 15.4. The van der Waals surface area contributed by atoms with Crippen LogP contribution in [0.15, 0.2) is 83.3 Å². The number of para-hydroxylation sites is 3. The van der Waals surface area contributed by atoms with Gasteiger partial charge in [-0.1, -0.05) is 58.4 Å². The Morgan fingerprint density at radius 3 is 2.53 bits per heavy atom. The van der Waals surface area contributed by atoms with Gasteiger partial charge in [-0.2, -0.15) is 0 Å². The molecule has 5 heteroatoms. The first kappa shape index (κ1) is 20.6. The molecule has 1 aliphatic rings. The first-order chi connectivity index (χ1) is 14.7. The van der Waals surface area contributed by atoms with E-state index in [0.717, 1.165) is 42.7 Å². The Bertz CT molecular complexity index is 976. The fraction of sp³-hybridized carbons (Fsp3) is 0.240. The standard InChI is InChI=1S/C25H25BrN2O2/c26-21-14-12-19(13-15-21)17-28-16-6-7-20(18-28)25(29)27-23-10-4-5-11-24(23)30-22-8-2-1-3-9-22/h1-5,8-15,20H,6-7,16-18H2,(H,27,29). The largest absolute Gasteiger partial charge is 0.455 e. The molecule has 1 saturated heterocycles. The van der Waals surface area contributed by atoms with E-state index >= 15 is 0 Å². The second-order valence-electron chi connectivity index (χ2n) is 7.60. The second kappa shape index (κ2) is 9.92. The first-order valence-electron chi connectivity index (χ1n) is 10.3. The van der Waals surface area contributed by atoms with Gasteiger partial charge in [-0.05, 0) is 61.3 Å². The third-order valence-corrected chi connectivity index (χ3v) is 5.84. The molecule has 1 aliphatic heterocycles. The average Bonchev–Trinajstić information content (AvgIpc) is 2.78. The van der Waals surface area contributed by atoms with Crippen LogP contribution in [0.5, 0.6) is 11.5 Å².